The zero-order valence-electron chi connectivity index (χ0n) is 30.9. The predicted octanol–water partition coefficient (Wildman–Crippen LogP) is 15.2. The van der Waals surface area contributed by atoms with E-state index in [0.29, 0.717) is 0 Å². The zero-order valence-corrected chi connectivity index (χ0v) is 31.7. The summed E-state index contributed by atoms with van der Waals surface area (Å²) in [6.07, 6.45) is 0. The maximum Gasteiger partial charge on any atom is 0.0619 e. The highest BCUT2D eigenvalue weighted by Gasteiger charge is 2.19. The molecule has 3 heteroatoms. The molecule has 0 unspecified atom stereocenters. The van der Waals surface area contributed by atoms with E-state index in [2.05, 4.69) is 215 Å². The fourth-order valence-electron chi connectivity index (χ4n) is 9.11. The fraction of sp³-hybridized carbons (Fsp3) is 0. The van der Waals surface area contributed by atoms with Gasteiger partial charge in [0.15, 0.2) is 0 Å². The molecule has 0 aliphatic carbocycles. The summed E-state index contributed by atoms with van der Waals surface area (Å²) in [6, 6.07) is 75.7. The molecule has 0 fully saturated rings. The van der Waals surface area contributed by atoms with Crippen LogP contribution in [0.4, 0.5) is 0 Å². The monoisotopic (exact) mass is 742 g/mol. The van der Waals surface area contributed by atoms with Crippen LogP contribution in [0, 0.1) is 0 Å². The first-order chi connectivity index (χ1) is 28.3. The summed E-state index contributed by atoms with van der Waals surface area (Å²) in [5, 5.41) is 7.64. The molecule has 0 saturated heterocycles. The van der Waals surface area contributed by atoms with Crippen LogP contribution in [-0.2, 0) is 0 Å². The number of hydrogen-bond acceptors (Lipinski definition) is 1. The smallest absolute Gasteiger partial charge is 0.0619 e. The number of para-hydroxylation sites is 2. The van der Waals surface area contributed by atoms with Crippen molar-refractivity contribution in [3.63, 3.8) is 0 Å². The lowest BCUT2D eigenvalue weighted by Crippen LogP contribution is -1.96. The molecule has 0 amide bonds. The van der Waals surface area contributed by atoms with Crippen LogP contribution >= 0.6 is 11.3 Å². The summed E-state index contributed by atoms with van der Waals surface area (Å²) in [6.45, 7) is 0. The molecule has 0 aliphatic heterocycles. The van der Waals surface area contributed by atoms with Gasteiger partial charge in [0, 0.05) is 58.7 Å². The van der Waals surface area contributed by atoms with E-state index in [1.54, 1.807) is 0 Å². The third-order valence-corrected chi connectivity index (χ3v) is 12.8. The lowest BCUT2D eigenvalue weighted by molar-refractivity contribution is 1.18. The van der Waals surface area contributed by atoms with E-state index in [9.17, 15) is 0 Å². The lowest BCUT2D eigenvalue weighted by Gasteiger charge is -2.13. The first-order valence-corrected chi connectivity index (χ1v) is 20.3. The standard InChI is InChI=1S/C54H34N2S/c1-3-13-35(14-4-1)37-17-11-18-40(31-37)56-51-30-26-39(33-48(51)46-22-12-21-42(54(46)56)36-15-5-2-6-16-36)38-25-29-50-47(32-38)43-19-7-9-23-49(43)55(50)41-27-28-45-44-20-8-10-24-52(44)57-53(45)34-41/h1-34H. The van der Waals surface area contributed by atoms with Crippen LogP contribution < -0.4 is 0 Å². The SMILES string of the molecule is c1ccc(-c2cccc(-n3c4ccc(-c5ccc6c(c5)c5ccccc5n6-c5ccc6c(c5)sc5ccccc56)cc4c4cccc(-c5ccccc5)c43)c2)cc1. The predicted molar refractivity (Wildman–Crippen MR) is 244 cm³/mol. The number of thiophene rings is 1. The van der Waals surface area contributed by atoms with Gasteiger partial charge in [-0.25, -0.2) is 0 Å². The molecule has 9 aromatic carbocycles. The lowest BCUT2D eigenvalue weighted by atomic mass is 9.99. The Kier molecular flexibility index (Phi) is 7.13. The van der Waals surface area contributed by atoms with E-state index in [1.807, 2.05) is 11.3 Å². The number of benzene rings is 9. The van der Waals surface area contributed by atoms with Crippen LogP contribution in [0.5, 0.6) is 0 Å². The number of aromatic nitrogens is 2. The summed E-state index contributed by atoms with van der Waals surface area (Å²) >= 11 is 1.87. The second-order valence-electron chi connectivity index (χ2n) is 14.9. The molecule has 0 spiro atoms. The van der Waals surface area contributed by atoms with Crippen LogP contribution in [0.15, 0.2) is 206 Å². The van der Waals surface area contributed by atoms with Crippen LogP contribution in [-0.4, -0.2) is 9.13 Å². The minimum Gasteiger partial charge on any atom is -0.309 e. The van der Waals surface area contributed by atoms with Crippen molar-refractivity contribution in [2.24, 2.45) is 0 Å². The van der Waals surface area contributed by atoms with Crippen molar-refractivity contribution in [1.29, 1.82) is 0 Å². The van der Waals surface area contributed by atoms with Gasteiger partial charge in [0.1, 0.15) is 0 Å². The van der Waals surface area contributed by atoms with Crippen molar-refractivity contribution in [3.8, 4) is 44.8 Å². The van der Waals surface area contributed by atoms with Gasteiger partial charge in [0.25, 0.3) is 0 Å². The fourth-order valence-corrected chi connectivity index (χ4v) is 10.2. The Balaban J connectivity index is 1.05. The van der Waals surface area contributed by atoms with Crippen LogP contribution in [0.3, 0.4) is 0 Å². The van der Waals surface area contributed by atoms with E-state index >= 15 is 0 Å². The van der Waals surface area contributed by atoms with Crippen LogP contribution in [0.2, 0.25) is 0 Å². The van der Waals surface area contributed by atoms with E-state index in [-0.39, 0.29) is 0 Å². The van der Waals surface area contributed by atoms with Crippen molar-refractivity contribution in [1.82, 2.24) is 9.13 Å². The molecule has 266 valence electrons. The number of rotatable bonds is 5. The third-order valence-electron chi connectivity index (χ3n) is 11.7. The molecule has 0 bridgehead atoms. The molecule has 12 aromatic rings. The van der Waals surface area contributed by atoms with Crippen LogP contribution in [0.1, 0.15) is 0 Å². The summed E-state index contributed by atoms with van der Waals surface area (Å²) in [5.41, 5.74) is 14.4. The second kappa shape index (κ2) is 12.7. The average molecular weight is 743 g/mol. The molecule has 0 aliphatic rings. The van der Waals surface area contributed by atoms with Gasteiger partial charge in [-0.15, -0.1) is 11.3 Å². The van der Waals surface area contributed by atoms with Crippen molar-refractivity contribution >= 4 is 75.1 Å². The Hall–Kier alpha value is -7.20. The Morgan fingerprint density at radius 3 is 1.65 bits per heavy atom. The molecule has 0 atom stereocenters. The van der Waals surface area contributed by atoms with E-state index in [1.165, 1.54) is 103 Å². The van der Waals surface area contributed by atoms with Crippen LogP contribution in [0.25, 0.3) is 109 Å². The summed E-state index contributed by atoms with van der Waals surface area (Å²) in [4.78, 5) is 0. The second-order valence-corrected chi connectivity index (χ2v) is 16.0. The van der Waals surface area contributed by atoms with Gasteiger partial charge in [-0.05, 0) is 88.5 Å². The molecule has 0 saturated carbocycles. The summed E-state index contributed by atoms with van der Waals surface area (Å²) in [7, 11) is 0. The molecule has 2 nitrogen and oxygen atoms in total. The Morgan fingerprint density at radius 1 is 0.281 bits per heavy atom. The summed E-state index contributed by atoms with van der Waals surface area (Å²) in [5.74, 6) is 0. The van der Waals surface area contributed by atoms with Crippen molar-refractivity contribution in [3.05, 3.63) is 206 Å². The molecule has 57 heavy (non-hydrogen) atoms. The minimum atomic E-state index is 1.15. The van der Waals surface area contributed by atoms with Crippen molar-refractivity contribution in [2.75, 3.05) is 0 Å². The zero-order chi connectivity index (χ0) is 37.5. The maximum atomic E-state index is 2.47. The Labute approximate surface area is 333 Å². The van der Waals surface area contributed by atoms with E-state index in [0.717, 1.165) is 5.69 Å². The topological polar surface area (TPSA) is 9.86 Å². The molecule has 12 rings (SSSR count). The quantitative estimate of drug-likeness (QED) is 0.166. The van der Waals surface area contributed by atoms with Gasteiger partial charge in [-0.2, -0.15) is 0 Å². The molecule has 3 aromatic heterocycles. The first-order valence-electron chi connectivity index (χ1n) is 19.5. The van der Waals surface area contributed by atoms with Gasteiger partial charge in [0.05, 0.1) is 22.1 Å². The van der Waals surface area contributed by atoms with Crippen molar-refractivity contribution < 1.29 is 0 Å². The Bertz CT molecular complexity index is 3510. The highest BCUT2D eigenvalue weighted by molar-refractivity contribution is 7.25. The third kappa shape index (κ3) is 5.03. The first kappa shape index (κ1) is 32.1. The normalized spacial score (nSPS) is 11.9. The Morgan fingerprint density at radius 2 is 0.842 bits per heavy atom. The molecule has 0 N–H and O–H groups in total. The highest BCUT2D eigenvalue weighted by atomic mass is 32.1. The van der Waals surface area contributed by atoms with Crippen molar-refractivity contribution in [2.45, 2.75) is 0 Å². The average Bonchev–Trinajstić information content (AvgIpc) is 3.94. The molecular formula is C54H34N2S. The minimum absolute atomic E-state index is 1.15. The van der Waals surface area contributed by atoms with Gasteiger partial charge in [-0.1, -0.05) is 146 Å². The largest absolute Gasteiger partial charge is 0.309 e. The molecule has 0 radical (unpaired) electrons. The maximum absolute atomic E-state index is 2.47. The molecule has 3 heterocycles. The van der Waals surface area contributed by atoms with Gasteiger partial charge >= 0.3 is 0 Å². The van der Waals surface area contributed by atoms with Gasteiger partial charge in [0.2, 0.25) is 0 Å². The van der Waals surface area contributed by atoms with Gasteiger partial charge < -0.3 is 9.13 Å². The number of fused-ring (bicyclic) bond motifs is 9. The van der Waals surface area contributed by atoms with E-state index < -0.39 is 0 Å². The van der Waals surface area contributed by atoms with Gasteiger partial charge in [-0.3, -0.25) is 0 Å². The molecular weight excluding hydrogens is 709 g/mol. The highest BCUT2D eigenvalue weighted by Crippen LogP contribution is 2.42. The number of nitrogens with zero attached hydrogens (tertiary/aromatic N) is 2. The van der Waals surface area contributed by atoms with E-state index in [4.69, 9.17) is 0 Å². The number of hydrogen-bond donors (Lipinski definition) is 0. The summed E-state index contributed by atoms with van der Waals surface area (Å²) < 4.78 is 7.54.